The lowest BCUT2D eigenvalue weighted by atomic mass is 10.0. The van der Waals surface area contributed by atoms with E-state index in [1.54, 1.807) is 0 Å². The molecule has 1 atom stereocenters. The van der Waals surface area contributed by atoms with Crippen LogP contribution in [0.15, 0.2) is 84.9 Å². The van der Waals surface area contributed by atoms with Crippen molar-refractivity contribution in [2.75, 3.05) is 0 Å². The lowest BCUT2D eigenvalue weighted by molar-refractivity contribution is 0.575. The Labute approximate surface area is 132 Å². The molecular weight excluding hydrogens is 266 g/mol. The molecule has 110 valence electrons. The van der Waals surface area contributed by atoms with E-state index >= 15 is 0 Å². The molecular formula is C21H21N. The average molecular weight is 287 g/mol. The van der Waals surface area contributed by atoms with Crippen LogP contribution >= 0.6 is 0 Å². The second kappa shape index (κ2) is 7.06. The smallest absolute Gasteiger partial charge is 0.0294 e. The average Bonchev–Trinajstić information content (AvgIpc) is 2.61. The van der Waals surface area contributed by atoms with Crippen LogP contribution in [0.5, 0.6) is 0 Å². The Morgan fingerprint density at radius 1 is 0.682 bits per heavy atom. The van der Waals surface area contributed by atoms with Gasteiger partial charge in [-0.2, -0.15) is 0 Å². The van der Waals surface area contributed by atoms with E-state index in [1.165, 1.54) is 22.3 Å². The molecule has 3 aromatic rings. The van der Waals surface area contributed by atoms with Gasteiger partial charge in [-0.1, -0.05) is 84.9 Å². The van der Waals surface area contributed by atoms with Crippen LogP contribution in [-0.2, 0) is 6.54 Å². The number of hydrogen-bond donors (Lipinski definition) is 1. The summed E-state index contributed by atoms with van der Waals surface area (Å²) in [7, 11) is 0. The van der Waals surface area contributed by atoms with Gasteiger partial charge in [0.15, 0.2) is 0 Å². The van der Waals surface area contributed by atoms with Crippen LogP contribution in [0.4, 0.5) is 0 Å². The van der Waals surface area contributed by atoms with Gasteiger partial charge in [-0.15, -0.1) is 0 Å². The van der Waals surface area contributed by atoms with Crippen LogP contribution in [0.3, 0.4) is 0 Å². The minimum atomic E-state index is 0.338. The Bertz CT molecular complexity index is 687. The van der Waals surface area contributed by atoms with E-state index in [2.05, 4.69) is 91.1 Å². The summed E-state index contributed by atoms with van der Waals surface area (Å²) in [5.41, 5.74) is 5.16. The molecule has 0 aliphatic carbocycles. The van der Waals surface area contributed by atoms with Gasteiger partial charge in [0.25, 0.3) is 0 Å². The van der Waals surface area contributed by atoms with E-state index in [0.29, 0.717) is 6.04 Å². The molecule has 0 aliphatic heterocycles. The normalized spacial score (nSPS) is 12.0. The minimum Gasteiger partial charge on any atom is -0.306 e. The second-order valence-electron chi connectivity index (χ2n) is 5.58. The van der Waals surface area contributed by atoms with E-state index in [-0.39, 0.29) is 0 Å². The number of hydrogen-bond acceptors (Lipinski definition) is 1. The molecule has 0 saturated carbocycles. The van der Waals surface area contributed by atoms with Crippen molar-refractivity contribution in [3.8, 4) is 11.1 Å². The Morgan fingerprint density at radius 2 is 1.23 bits per heavy atom. The zero-order valence-corrected chi connectivity index (χ0v) is 12.9. The van der Waals surface area contributed by atoms with Crippen LogP contribution in [0.2, 0.25) is 0 Å². The van der Waals surface area contributed by atoms with Crippen LogP contribution in [-0.4, -0.2) is 0 Å². The van der Waals surface area contributed by atoms with E-state index < -0.39 is 0 Å². The lowest BCUT2D eigenvalue weighted by Gasteiger charge is -2.15. The third-order valence-electron chi connectivity index (χ3n) is 3.97. The Morgan fingerprint density at radius 3 is 1.86 bits per heavy atom. The zero-order valence-electron chi connectivity index (χ0n) is 12.9. The molecule has 0 radical (unpaired) electrons. The molecule has 0 aromatic heterocycles. The molecule has 0 spiro atoms. The quantitative estimate of drug-likeness (QED) is 0.679. The first-order valence-corrected chi connectivity index (χ1v) is 7.75. The van der Waals surface area contributed by atoms with Gasteiger partial charge in [0.05, 0.1) is 0 Å². The second-order valence-corrected chi connectivity index (χ2v) is 5.58. The van der Waals surface area contributed by atoms with Gasteiger partial charge in [-0.25, -0.2) is 0 Å². The number of nitrogens with one attached hydrogen (secondary N) is 1. The third kappa shape index (κ3) is 3.63. The first-order valence-electron chi connectivity index (χ1n) is 7.75. The SMILES string of the molecule is CC(NCc1ccccc1)c1ccc(-c2ccccc2)cc1. The minimum absolute atomic E-state index is 0.338. The van der Waals surface area contributed by atoms with Crippen molar-refractivity contribution < 1.29 is 0 Å². The highest BCUT2D eigenvalue weighted by Crippen LogP contribution is 2.21. The molecule has 3 rings (SSSR count). The Balaban J connectivity index is 1.65. The summed E-state index contributed by atoms with van der Waals surface area (Å²) >= 11 is 0. The fraction of sp³-hybridized carbons (Fsp3) is 0.143. The highest BCUT2D eigenvalue weighted by Gasteiger charge is 2.05. The molecule has 1 heteroatoms. The molecule has 1 N–H and O–H groups in total. The Hall–Kier alpha value is -2.38. The predicted molar refractivity (Wildman–Crippen MR) is 93.6 cm³/mol. The number of benzene rings is 3. The van der Waals surface area contributed by atoms with Gasteiger partial charge in [-0.3, -0.25) is 0 Å². The molecule has 0 aliphatic rings. The summed E-state index contributed by atoms with van der Waals surface area (Å²) in [5, 5.41) is 3.57. The summed E-state index contributed by atoms with van der Waals surface area (Å²) in [5.74, 6) is 0. The highest BCUT2D eigenvalue weighted by molar-refractivity contribution is 5.63. The van der Waals surface area contributed by atoms with Crippen molar-refractivity contribution >= 4 is 0 Å². The molecule has 22 heavy (non-hydrogen) atoms. The van der Waals surface area contributed by atoms with Crippen molar-refractivity contribution in [2.45, 2.75) is 19.5 Å². The summed E-state index contributed by atoms with van der Waals surface area (Å²) in [6, 6.07) is 30.2. The van der Waals surface area contributed by atoms with Crippen molar-refractivity contribution in [3.63, 3.8) is 0 Å². The van der Waals surface area contributed by atoms with Crippen LogP contribution in [0.25, 0.3) is 11.1 Å². The van der Waals surface area contributed by atoms with Gasteiger partial charge in [0, 0.05) is 12.6 Å². The molecule has 0 bridgehead atoms. The van der Waals surface area contributed by atoms with Crippen molar-refractivity contribution in [2.24, 2.45) is 0 Å². The van der Waals surface area contributed by atoms with E-state index in [0.717, 1.165) is 6.54 Å². The van der Waals surface area contributed by atoms with Gasteiger partial charge >= 0.3 is 0 Å². The fourth-order valence-electron chi connectivity index (χ4n) is 2.58. The fourth-order valence-corrected chi connectivity index (χ4v) is 2.58. The summed E-state index contributed by atoms with van der Waals surface area (Å²) in [6.45, 7) is 3.10. The first-order chi connectivity index (χ1) is 10.8. The zero-order chi connectivity index (χ0) is 15.2. The van der Waals surface area contributed by atoms with Crippen LogP contribution in [0.1, 0.15) is 24.1 Å². The maximum atomic E-state index is 3.57. The third-order valence-corrected chi connectivity index (χ3v) is 3.97. The first kappa shape index (κ1) is 14.6. The topological polar surface area (TPSA) is 12.0 Å². The van der Waals surface area contributed by atoms with Gasteiger partial charge in [0.2, 0.25) is 0 Å². The molecule has 3 aromatic carbocycles. The molecule has 0 fully saturated rings. The molecule has 0 heterocycles. The van der Waals surface area contributed by atoms with E-state index in [9.17, 15) is 0 Å². The predicted octanol–water partition coefficient (Wildman–Crippen LogP) is 5.20. The van der Waals surface area contributed by atoms with Crippen molar-refractivity contribution in [1.82, 2.24) is 5.32 Å². The van der Waals surface area contributed by atoms with Gasteiger partial charge in [-0.05, 0) is 29.2 Å². The van der Waals surface area contributed by atoms with E-state index in [4.69, 9.17) is 0 Å². The molecule has 0 amide bonds. The summed E-state index contributed by atoms with van der Waals surface area (Å²) in [4.78, 5) is 0. The van der Waals surface area contributed by atoms with Crippen molar-refractivity contribution in [3.05, 3.63) is 96.1 Å². The maximum absolute atomic E-state index is 3.57. The molecule has 0 saturated heterocycles. The largest absolute Gasteiger partial charge is 0.306 e. The van der Waals surface area contributed by atoms with Crippen LogP contribution < -0.4 is 5.32 Å². The lowest BCUT2D eigenvalue weighted by Crippen LogP contribution is -2.17. The maximum Gasteiger partial charge on any atom is 0.0294 e. The van der Waals surface area contributed by atoms with Crippen LogP contribution in [0, 0.1) is 0 Å². The van der Waals surface area contributed by atoms with Gasteiger partial charge < -0.3 is 5.32 Å². The summed E-state index contributed by atoms with van der Waals surface area (Å²) in [6.07, 6.45) is 0. The van der Waals surface area contributed by atoms with Gasteiger partial charge in [0.1, 0.15) is 0 Å². The number of rotatable bonds is 5. The standard InChI is InChI=1S/C21H21N/c1-17(22-16-18-8-4-2-5-9-18)19-12-14-21(15-13-19)20-10-6-3-7-11-20/h2-15,17,22H,16H2,1H3. The molecule has 1 nitrogen and oxygen atoms in total. The Kier molecular flexibility index (Phi) is 4.67. The summed E-state index contributed by atoms with van der Waals surface area (Å²) < 4.78 is 0. The highest BCUT2D eigenvalue weighted by atomic mass is 14.9. The van der Waals surface area contributed by atoms with Crippen molar-refractivity contribution in [1.29, 1.82) is 0 Å². The molecule has 1 unspecified atom stereocenters. The van der Waals surface area contributed by atoms with E-state index in [1.807, 2.05) is 6.07 Å². The monoisotopic (exact) mass is 287 g/mol.